The van der Waals surface area contributed by atoms with Gasteiger partial charge in [-0.1, -0.05) is 35.2 Å². The van der Waals surface area contributed by atoms with Gasteiger partial charge in [0, 0.05) is 0 Å². The van der Waals surface area contributed by atoms with Crippen molar-refractivity contribution in [3.8, 4) is 5.75 Å². The average molecular weight is 399 g/mol. The summed E-state index contributed by atoms with van der Waals surface area (Å²) in [5, 5.41) is 3.54. The summed E-state index contributed by atoms with van der Waals surface area (Å²) in [4.78, 5) is 21.4. The number of thioether (sulfide) groups is 1. The maximum atomic E-state index is 12.5. The van der Waals surface area contributed by atoms with Crippen molar-refractivity contribution < 1.29 is 13.9 Å². The molecule has 0 aliphatic rings. The van der Waals surface area contributed by atoms with Gasteiger partial charge < -0.3 is 14.5 Å². The van der Waals surface area contributed by atoms with Crippen LogP contribution >= 0.6 is 23.1 Å². The zero-order valence-corrected chi connectivity index (χ0v) is 16.4. The molecule has 138 valence electrons. The summed E-state index contributed by atoms with van der Waals surface area (Å²) in [5.74, 6) is 0.651. The van der Waals surface area contributed by atoms with E-state index in [-0.39, 0.29) is 11.2 Å². The molecule has 1 N–H and O–H groups in total. The molecular formula is C19H17N3O3S2. The lowest BCUT2D eigenvalue weighted by Crippen LogP contribution is -2.22. The first kappa shape index (κ1) is 17.8. The molecule has 8 heteroatoms. The fourth-order valence-electron chi connectivity index (χ4n) is 2.53. The van der Waals surface area contributed by atoms with Crippen molar-refractivity contribution in [3.63, 3.8) is 0 Å². The smallest absolute Gasteiger partial charge is 0.257 e. The van der Waals surface area contributed by atoms with Crippen LogP contribution in [0.15, 0.2) is 52.1 Å². The van der Waals surface area contributed by atoms with Crippen molar-refractivity contribution in [1.29, 1.82) is 0 Å². The van der Waals surface area contributed by atoms with Crippen LogP contribution in [0.5, 0.6) is 5.75 Å². The van der Waals surface area contributed by atoms with Crippen LogP contribution in [0.3, 0.4) is 0 Å². The molecule has 0 aliphatic heterocycles. The number of rotatable bonds is 6. The van der Waals surface area contributed by atoms with Crippen LogP contribution in [0, 0.1) is 0 Å². The van der Waals surface area contributed by atoms with Crippen LogP contribution in [0.1, 0.15) is 13.8 Å². The third kappa shape index (κ3) is 3.91. The summed E-state index contributed by atoms with van der Waals surface area (Å²) in [6.07, 6.45) is 0. The van der Waals surface area contributed by atoms with Crippen LogP contribution in [0.25, 0.3) is 21.3 Å². The third-order valence-electron chi connectivity index (χ3n) is 3.82. The van der Waals surface area contributed by atoms with Crippen LogP contribution in [-0.2, 0) is 4.79 Å². The number of carbonyl (C=O) groups excluding carboxylic acids is 1. The quantitative estimate of drug-likeness (QED) is 0.462. The molecule has 0 saturated heterocycles. The van der Waals surface area contributed by atoms with Gasteiger partial charge in [-0.3, -0.25) is 4.79 Å². The fraction of sp³-hybridized carbons (Fsp3) is 0.211. The molecule has 1 unspecified atom stereocenters. The van der Waals surface area contributed by atoms with E-state index in [1.807, 2.05) is 56.3 Å². The summed E-state index contributed by atoms with van der Waals surface area (Å²) in [6.45, 7) is 4.37. The predicted octanol–water partition coefficient (Wildman–Crippen LogP) is 4.96. The Balaban J connectivity index is 1.45. The molecule has 0 spiro atoms. The number of hydrogen-bond acceptors (Lipinski definition) is 7. The number of carbonyl (C=O) groups is 1. The zero-order chi connectivity index (χ0) is 18.8. The Bertz CT molecular complexity index is 1070. The molecule has 0 saturated carbocycles. The van der Waals surface area contributed by atoms with E-state index in [2.05, 4.69) is 15.3 Å². The number of aromatic nitrogens is 2. The molecule has 2 aromatic heterocycles. The summed E-state index contributed by atoms with van der Waals surface area (Å²) < 4.78 is 12.1. The predicted molar refractivity (Wildman–Crippen MR) is 109 cm³/mol. The topological polar surface area (TPSA) is 77.2 Å². The lowest BCUT2D eigenvalue weighted by Gasteiger charge is -2.07. The lowest BCUT2D eigenvalue weighted by atomic mass is 10.3. The molecular weight excluding hydrogens is 382 g/mol. The van der Waals surface area contributed by atoms with E-state index in [0.29, 0.717) is 22.5 Å². The van der Waals surface area contributed by atoms with Gasteiger partial charge in [-0.2, -0.15) is 0 Å². The van der Waals surface area contributed by atoms with Crippen molar-refractivity contribution in [2.45, 2.75) is 24.3 Å². The summed E-state index contributed by atoms with van der Waals surface area (Å²) in [7, 11) is 0. The number of benzene rings is 2. The van der Waals surface area contributed by atoms with Crippen LogP contribution in [0.2, 0.25) is 0 Å². The average Bonchev–Trinajstić information content (AvgIpc) is 3.24. The number of nitrogens with one attached hydrogen (secondary N) is 1. The molecule has 1 amide bonds. The Morgan fingerprint density at radius 2 is 2.11 bits per heavy atom. The van der Waals surface area contributed by atoms with E-state index in [4.69, 9.17) is 9.15 Å². The number of ether oxygens (including phenoxy) is 1. The Labute approximate surface area is 163 Å². The van der Waals surface area contributed by atoms with Crippen LogP contribution in [0.4, 0.5) is 5.13 Å². The molecule has 0 fully saturated rings. The molecule has 27 heavy (non-hydrogen) atoms. The maximum Gasteiger partial charge on any atom is 0.257 e. The molecule has 4 rings (SSSR count). The van der Waals surface area contributed by atoms with Crippen molar-refractivity contribution in [2.24, 2.45) is 0 Å². The second-order valence-electron chi connectivity index (χ2n) is 5.78. The van der Waals surface area contributed by atoms with Crippen LogP contribution in [-0.4, -0.2) is 27.7 Å². The number of fused-ring (bicyclic) bond motifs is 2. The normalized spacial score (nSPS) is 12.4. The van der Waals surface area contributed by atoms with Gasteiger partial charge in [-0.05, 0) is 44.2 Å². The second-order valence-corrected chi connectivity index (χ2v) is 8.10. The minimum absolute atomic E-state index is 0.147. The van der Waals surface area contributed by atoms with Crippen molar-refractivity contribution in [1.82, 2.24) is 9.97 Å². The van der Waals surface area contributed by atoms with E-state index in [9.17, 15) is 4.79 Å². The van der Waals surface area contributed by atoms with E-state index in [1.165, 1.54) is 23.1 Å². The highest BCUT2D eigenvalue weighted by molar-refractivity contribution is 8.00. The largest absolute Gasteiger partial charge is 0.494 e. The number of oxazole rings is 1. The standard InChI is InChI=1S/C19H17N3O3S2/c1-3-24-12-8-9-14-16(10-12)27-18(20-14)22-17(23)11(2)26-19-21-13-6-4-5-7-15(13)25-19/h4-11H,3H2,1-2H3,(H,20,22,23). The Morgan fingerprint density at radius 3 is 2.93 bits per heavy atom. The summed E-state index contributed by atoms with van der Waals surface area (Å²) in [5.41, 5.74) is 2.32. The minimum atomic E-state index is -0.371. The monoisotopic (exact) mass is 399 g/mol. The summed E-state index contributed by atoms with van der Waals surface area (Å²) >= 11 is 2.70. The van der Waals surface area contributed by atoms with Gasteiger partial charge in [0.1, 0.15) is 11.3 Å². The first-order valence-corrected chi connectivity index (χ1v) is 10.2. The molecule has 0 aliphatic carbocycles. The van der Waals surface area contributed by atoms with E-state index < -0.39 is 0 Å². The molecule has 0 bridgehead atoms. The van der Waals surface area contributed by atoms with Crippen molar-refractivity contribution in [3.05, 3.63) is 42.5 Å². The molecule has 0 radical (unpaired) electrons. The number of anilines is 1. The highest BCUT2D eigenvalue weighted by atomic mass is 32.2. The number of amides is 1. The highest BCUT2D eigenvalue weighted by Gasteiger charge is 2.19. The third-order valence-corrected chi connectivity index (χ3v) is 5.70. The Morgan fingerprint density at radius 1 is 1.26 bits per heavy atom. The lowest BCUT2D eigenvalue weighted by molar-refractivity contribution is -0.115. The molecule has 6 nitrogen and oxygen atoms in total. The van der Waals surface area contributed by atoms with Crippen molar-refractivity contribution >= 4 is 55.5 Å². The zero-order valence-electron chi connectivity index (χ0n) is 14.8. The number of thiazole rings is 1. The van der Waals surface area contributed by atoms with Crippen molar-refractivity contribution in [2.75, 3.05) is 11.9 Å². The van der Waals surface area contributed by atoms with E-state index >= 15 is 0 Å². The van der Waals surface area contributed by atoms with Gasteiger partial charge in [0.2, 0.25) is 5.91 Å². The minimum Gasteiger partial charge on any atom is -0.494 e. The molecule has 2 aromatic carbocycles. The van der Waals surface area contributed by atoms with Gasteiger partial charge in [0.05, 0.1) is 22.1 Å². The number of para-hydroxylation sites is 2. The Kier molecular flexibility index (Phi) is 5.00. The van der Waals surface area contributed by atoms with Gasteiger partial charge in [-0.25, -0.2) is 9.97 Å². The summed E-state index contributed by atoms with van der Waals surface area (Å²) in [6, 6.07) is 13.2. The first-order valence-electron chi connectivity index (χ1n) is 8.49. The maximum absolute atomic E-state index is 12.5. The molecule has 4 aromatic rings. The highest BCUT2D eigenvalue weighted by Crippen LogP contribution is 2.31. The van der Waals surface area contributed by atoms with Gasteiger partial charge in [0.25, 0.3) is 5.22 Å². The van der Waals surface area contributed by atoms with E-state index in [1.54, 1.807) is 0 Å². The van der Waals surface area contributed by atoms with Crippen LogP contribution < -0.4 is 10.1 Å². The molecule has 2 heterocycles. The number of nitrogens with zero attached hydrogens (tertiary/aromatic N) is 2. The SMILES string of the molecule is CCOc1ccc2nc(NC(=O)C(C)Sc3nc4ccccc4o3)sc2c1. The second kappa shape index (κ2) is 7.58. The Hall–Kier alpha value is -2.58. The molecule has 1 atom stereocenters. The first-order chi connectivity index (χ1) is 13.1. The fourth-order valence-corrected chi connectivity index (χ4v) is 4.18. The van der Waals surface area contributed by atoms with Gasteiger partial charge >= 0.3 is 0 Å². The van der Waals surface area contributed by atoms with E-state index in [0.717, 1.165) is 21.5 Å². The van der Waals surface area contributed by atoms with Gasteiger partial charge in [-0.15, -0.1) is 0 Å². The van der Waals surface area contributed by atoms with Gasteiger partial charge in [0.15, 0.2) is 10.7 Å². The number of hydrogen-bond donors (Lipinski definition) is 1.